The number of benzene rings is 1. The van der Waals surface area contributed by atoms with Crippen LogP contribution in [0.4, 0.5) is 0 Å². The van der Waals surface area contributed by atoms with E-state index >= 15 is 0 Å². The van der Waals surface area contributed by atoms with Gasteiger partial charge in [0, 0.05) is 6.54 Å². The van der Waals surface area contributed by atoms with Gasteiger partial charge in [-0.15, -0.1) is 0 Å². The van der Waals surface area contributed by atoms with Gasteiger partial charge in [-0.2, -0.15) is 0 Å². The molecule has 0 radical (unpaired) electrons. The van der Waals surface area contributed by atoms with Gasteiger partial charge in [-0.05, 0) is 43.6 Å². The molecule has 0 spiro atoms. The second-order valence-electron chi connectivity index (χ2n) is 6.76. The van der Waals surface area contributed by atoms with Crippen molar-refractivity contribution in [1.29, 1.82) is 0 Å². The summed E-state index contributed by atoms with van der Waals surface area (Å²) in [5, 5.41) is 13.2. The van der Waals surface area contributed by atoms with Crippen molar-refractivity contribution in [3.63, 3.8) is 0 Å². The number of aliphatic hydroxyl groups is 1. The molecule has 0 aromatic heterocycles. The van der Waals surface area contributed by atoms with Crippen molar-refractivity contribution in [2.45, 2.75) is 51.0 Å². The molecule has 0 bridgehead atoms. The minimum Gasteiger partial charge on any atom is -0.391 e. The smallest absolute Gasteiger partial charge is 0.226 e. The molecule has 2 fully saturated rings. The fraction of sp³-hybridized carbons (Fsp3) is 0.611. The quantitative estimate of drug-likeness (QED) is 0.845. The summed E-state index contributed by atoms with van der Waals surface area (Å²) in [6.45, 7) is 0.417. The first-order valence-corrected chi connectivity index (χ1v) is 8.20. The highest BCUT2D eigenvalue weighted by Crippen LogP contribution is 2.48. The van der Waals surface area contributed by atoms with Crippen LogP contribution in [0.2, 0.25) is 0 Å². The van der Waals surface area contributed by atoms with Crippen LogP contribution >= 0.6 is 0 Å². The number of carbonyl (C=O) groups excluding carboxylic acids is 1. The van der Waals surface area contributed by atoms with E-state index in [1.54, 1.807) is 0 Å². The van der Waals surface area contributed by atoms with Crippen molar-refractivity contribution in [1.82, 2.24) is 5.32 Å². The van der Waals surface area contributed by atoms with Gasteiger partial charge in [0.2, 0.25) is 5.91 Å². The zero-order chi connectivity index (χ0) is 14.7. The second kappa shape index (κ2) is 6.18. The first-order valence-electron chi connectivity index (χ1n) is 8.20. The molecule has 2 aliphatic carbocycles. The third-order valence-corrected chi connectivity index (χ3v) is 5.14. The van der Waals surface area contributed by atoms with E-state index in [2.05, 4.69) is 17.4 Å². The van der Waals surface area contributed by atoms with Crippen LogP contribution in [0.3, 0.4) is 0 Å². The molecule has 0 aliphatic heterocycles. The lowest BCUT2D eigenvalue weighted by atomic mass is 9.95. The van der Waals surface area contributed by atoms with Crippen molar-refractivity contribution in [2.24, 2.45) is 11.3 Å². The van der Waals surface area contributed by atoms with E-state index in [0.717, 1.165) is 32.1 Å². The Balaban J connectivity index is 1.50. The van der Waals surface area contributed by atoms with Crippen LogP contribution in [0.25, 0.3) is 0 Å². The van der Waals surface area contributed by atoms with Crippen molar-refractivity contribution in [3.05, 3.63) is 35.9 Å². The van der Waals surface area contributed by atoms with Gasteiger partial charge in [-0.1, -0.05) is 43.2 Å². The van der Waals surface area contributed by atoms with Crippen LogP contribution < -0.4 is 5.32 Å². The number of rotatable bonds is 6. The molecule has 1 amide bonds. The highest BCUT2D eigenvalue weighted by atomic mass is 16.3. The molecule has 3 rings (SSSR count). The normalized spacial score (nSPS) is 22.0. The van der Waals surface area contributed by atoms with Crippen molar-refractivity contribution < 1.29 is 9.90 Å². The molecule has 2 N–H and O–H groups in total. The van der Waals surface area contributed by atoms with Gasteiger partial charge in [0.15, 0.2) is 0 Å². The lowest BCUT2D eigenvalue weighted by Crippen LogP contribution is -2.40. The van der Waals surface area contributed by atoms with Gasteiger partial charge in [-0.3, -0.25) is 4.79 Å². The Hall–Kier alpha value is -1.35. The lowest BCUT2D eigenvalue weighted by Gasteiger charge is -2.21. The molecule has 1 atom stereocenters. The predicted octanol–water partition coefficient (Wildman–Crippen LogP) is 2.68. The van der Waals surface area contributed by atoms with Crippen LogP contribution in [0, 0.1) is 11.3 Å². The first-order chi connectivity index (χ1) is 10.2. The van der Waals surface area contributed by atoms with E-state index in [1.807, 2.05) is 18.2 Å². The van der Waals surface area contributed by atoms with Gasteiger partial charge in [0.1, 0.15) is 0 Å². The Kier molecular flexibility index (Phi) is 4.29. The van der Waals surface area contributed by atoms with Gasteiger partial charge < -0.3 is 10.4 Å². The fourth-order valence-electron chi connectivity index (χ4n) is 3.52. The monoisotopic (exact) mass is 287 g/mol. The third kappa shape index (κ3) is 3.46. The summed E-state index contributed by atoms with van der Waals surface area (Å²) >= 11 is 0. The number of amides is 1. The SMILES string of the molecule is O=C(NCC(O)C1CCCC1)C1(Cc2ccccc2)CC1. The highest BCUT2D eigenvalue weighted by molar-refractivity contribution is 5.85. The number of hydrogen-bond donors (Lipinski definition) is 2. The Morgan fingerprint density at radius 1 is 1.24 bits per heavy atom. The van der Waals surface area contributed by atoms with Crippen molar-refractivity contribution >= 4 is 5.91 Å². The summed E-state index contributed by atoms with van der Waals surface area (Å²) in [6.07, 6.45) is 7.02. The van der Waals surface area contributed by atoms with Gasteiger partial charge >= 0.3 is 0 Å². The Morgan fingerprint density at radius 2 is 1.90 bits per heavy atom. The minimum absolute atomic E-state index is 0.128. The maximum Gasteiger partial charge on any atom is 0.226 e. The maximum atomic E-state index is 12.4. The summed E-state index contributed by atoms with van der Waals surface area (Å²) in [5.74, 6) is 0.512. The lowest BCUT2D eigenvalue weighted by molar-refractivity contribution is -0.127. The zero-order valence-electron chi connectivity index (χ0n) is 12.6. The second-order valence-corrected chi connectivity index (χ2v) is 6.76. The average Bonchev–Trinajstić information content (AvgIpc) is 3.08. The maximum absolute atomic E-state index is 12.4. The van der Waals surface area contributed by atoms with E-state index in [4.69, 9.17) is 0 Å². The molecular weight excluding hydrogens is 262 g/mol. The van der Waals surface area contributed by atoms with Crippen LogP contribution in [0.5, 0.6) is 0 Å². The standard InChI is InChI=1S/C18H25NO2/c20-16(15-8-4-5-9-15)13-19-17(21)18(10-11-18)12-14-6-2-1-3-7-14/h1-3,6-7,15-16,20H,4-5,8-13H2,(H,19,21). The van der Waals surface area contributed by atoms with Crippen molar-refractivity contribution in [3.8, 4) is 0 Å². The first kappa shape index (κ1) is 14.6. The molecule has 114 valence electrons. The van der Waals surface area contributed by atoms with Gasteiger partial charge in [-0.25, -0.2) is 0 Å². The Morgan fingerprint density at radius 3 is 2.52 bits per heavy atom. The minimum atomic E-state index is -0.371. The molecule has 2 aliphatic rings. The summed E-state index contributed by atoms with van der Waals surface area (Å²) < 4.78 is 0. The van der Waals surface area contributed by atoms with E-state index < -0.39 is 0 Å². The van der Waals surface area contributed by atoms with E-state index in [9.17, 15) is 9.90 Å². The van der Waals surface area contributed by atoms with Crippen molar-refractivity contribution in [2.75, 3.05) is 6.54 Å². The Bertz CT molecular complexity index is 475. The number of hydrogen-bond acceptors (Lipinski definition) is 2. The van der Waals surface area contributed by atoms with Crippen LogP contribution in [0.15, 0.2) is 30.3 Å². The summed E-state index contributed by atoms with van der Waals surface area (Å²) in [7, 11) is 0. The zero-order valence-corrected chi connectivity index (χ0v) is 12.6. The number of aliphatic hydroxyl groups excluding tert-OH is 1. The summed E-state index contributed by atoms with van der Waals surface area (Å²) in [4.78, 5) is 12.4. The van der Waals surface area contributed by atoms with Crippen LogP contribution in [-0.4, -0.2) is 23.7 Å². The molecule has 1 unspecified atom stereocenters. The molecule has 3 heteroatoms. The predicted molar refractivity (Wildman–Crippen MR) is 82.8 cm³/mol. The summed E-state index contributed by atoms with van der Waals surface area (Å²) in [6, 6.07) is 10.2. The average molecular weight is 287 g/mol. The molecule has 1 aromatic carbocycles. The molecular formula is C18H25NO2. The highest BCUT2D eigenvalue weighted by Gasteiger charge is 2.49. The molecule has 3 nitrogen and oxygen atoms in total. The third-order valence-electron chi connectivity index (χ3n) is 5.14. The van der Waals surface area contributed by atoms with Crippen LogP contribution in [0.1, 0.15) is 44.1 Å². The fourth-order valence-corrected chi connectivity index (χ4v) is 3.52. The Labute approximate surface area is 126 Å². The molecule has 2 saturated carbocycles. The molecule has 21 heavy (non-hydrogen) atoms. The van der Waals surface area contributed by atoms with E-state index in [1.165, 1.54) is 18.4 Å². The topological polar surface area (TPSA) is 49.3 Å². The van der Waals surface area contributed by atoms with E-state index in [0.29, 0.717) is 12.5 Å². The number of carbonyl (C=O) groups is 1. The molecule has 1 aromatic rings. The van der Waals surface area contributed by atoms with Crippen LogP contribution in [-0.2, 0) is 11.2 Å². The largest absolute Gasteiger partial charge is 0.391 e. The number of nitrogens with one attached hydrogen (secondary N) is 1. The molecule has 0 heterocycles. The van der Waals surface area contributed by atoms with E-state index in [-0.39, 0.29) is 17.4 Å². The van der Waals surface area contributed by atoms with Gasteiger partial charge in [0.25, 0.3) is 0 Å². The molecule has 0 saturated heterocycles. The van der Waals surface area contributed by atoms with Gasteiger partial charge in [0.05, 0.1) is 11.5 Å². The summed E-state index contributed by atoms with van der Waals surface area (Å²) in [5.41, 5.74) is 1.01.